The van der Waals surface area contributed by atoms with Crippen molar-refractivity contribution in [3.63, 3.8) is 0 Å². The summed E-state index contributed by atoms with van der Waals surface area (Å²) in [6.07, 6.45) is -0.109. The van der Waals surface area contributed by atoms with Gasteiger partial charge in [0.1, 0.15) is 5.75 Å². The number of carbonyl (C=O) groups excluding carboxylic acids is 1. The number of halogens is 3. The highest BCUT2D eigenvalue weighted by atomic mass is 19.4. The summed E-state index contributed by atoms with van der Waals surface area (Å²) >= 11 is 0. The van der Waals surface area contributed by atoms with Crippen LogP contribution in [0.2, 0.25) is 0 Å². The standard InChI is InChI=1S/C20H17F3O3/c1-2-26-19(25)5-3-4-18(15-8-12-17(24)13-9-15)14-6-10-16(11-7-14)20(21,22)23/h3-13,24H,2H2,1H3/b5-3+,18-4-. The summed E-state index contributed by atoms with van der Waals surface area (Å²) < 4.78 is 43.0. The molecule has 0 spiro atoms. The Morgan fingerprint density at radius 1 is 1.04 bits per heavy atom. The molecule has 136 valence electrons. The second-order valence-corrected chi connectivity index (χ2v) is 5.31. The third-order valence-electron chi connectivity index (χ3n) is 3.48. The molecule has 0 atom stereocenters. The second kappa shape index (κ2) is 8.38. The van der Waals surface area contributed by atoms with Crippen LogP contribution in [-0.2, 0) is 15.7 Å². The van der Waals surface area contributed by atoms with Crippen molar-refractivity contribution in [2.24, 2.45) is 0 Å². The van der Waals surface area contributed by atoms with E-state index in [1.54, 1.807) is 25.1 Å². The van der Waals surface area contributed by atoms with Gasteiger partial charge < -0.3 is 9.84 Å². The summed E-state index contributed by atoms with van der Waals surface area (Å²) in [4.78, 5) is 11.4. The number of ether oxygens (including phenoxy) is 1. The van der Waals surface area contributed by atoms with Gasteiger partial charge in [-0.25, -0.2) is 4.79 Å². The zero-order chi connectivity index (χ0) is 19.2. The maximum absolute atomic E-state index is 12.7. The zero-order valence-electron chi connectivity index (χ0n) is 14.0. The minimum Gasteiger partial charge on any atom is -0.508 e. The lowest BCUT2D eigenvalue weighted by atomic mass is 9.96. The molecule has 6 heteroatoms. The Labute approximate surface area is 149 Å². The van der Waals surface area contributed by atoms with Crippen LogP contribution in [0.25, 0.3) is 5.57 Å². The van der Waals surface area contributed by atoms with E-state index in [0.717, 1.165) is 12.1 Å². The van der Waals surface area contributed by atoms with Gasteiger partial charge in [-0.2, -0.15) is 13.2 Å². The van der Waals surface area contributed by atoms with Crippen LogP contribution in [0.1, 0.15) is 23.6 Å². The number of carbonyl (C=O) groups is 1. The van der Waals surface area contributed by atoms with Gasteiger partial charge in [0.05, 0.1) is 12.2 Å². The van der Waals surface area contributed by atoms with Crippen LogP contribution in [0.4, 0.5) is 13.2 Å². The zero-order valence-corrected chi connectivity index (χ0v) is 14.0. The van der Waals surface area contributed by atoms with Crippen LogP contribution in [0, 0.1) is 0 Å². The highest BCUT2D eigenvalue weighted by Gasteiger charge is 2.30. The minimum atomic E-state index is -4.41. The summed E-state index contributed by atoms with van der Waals surface area (Å²) in [5.74, 6) is -0.441. The SMILES string of the molecule is CCOC(=O)/C=C/C=C(\c1ccc(O)cc1)c1ccc(C(F)(F)F)cc1. The van der Waals surface area contributed by atoms with E-state index < -0.39 is 17.7 Å². The molecule has 0 aliphatic carbocycles. The molecule has 2 aromatic carbocycles. The first-order chi connectivity index (χ1) is 12.3. The molecule has 0 saturated heterocycles. The molecule has 0 aliphatic heterocycles. The number of phenolic OH excluding ortho intramolecular Hbond substituents is 1. The molecule has 1 N–H and O–H groups in total. The molecule has 2 rings (SSSR count). The monoisotopic (exact) mass is 362 g/mol. The highest BCUT2D eigenvalue weighted by molar-refractivity contribution is 5.85. The predicted molar refractivity (Wildman–Crippen MR) is 92.4 cm³/mol. The summed E-state index contributed by atoms with van der Waals surface area (Å²) in [5.41, 5.74) is 1.07. The topological polar surface area (TPSA) is 46.5 Å². The van der Waals surface area contributed by atoms with Crippen molar-refractivity contribution in [2.45, 2.75) is 13.1 Å². The molecular weight excluding hydrogens is 345 g/mol. The number of allylic oxidation sites excluding steroid dienone is 2. The first-order valence-corrected chi connectivity index (χ1v) is 7.83. The van der Waals surface area contributed by atoms with Crippen LogP contribution < -0.4 is 0 Å². The Hall–Kier alpha value is -3.02. The van der Waals surface area contributed by atoms with E-state index in [4.69, 9.17) is 4.74 Å². The maximum Gasteiger partial charge on any atom is 0.416 e. The molecule has 0 unspecified atom stereocenters. The molecule has 0 saturated carbocycles. The van der Waals surface area contributed by atoms with Gasteiger partial charge in [0, 0.05) is 6.08 Å². The fraction of sp³-hybridized carbons (Fsp3) is 0.150. The number of phenols is 1. The van der Waals surface area contributed by atoms with Crippen molar-refractivity contribution >= 4 is 11.5 Å². The van der Waals surface area contributed by atoms with E-state index >= 15 is 0 Å². The lowest BCUT2D eigenvalue weighted by molar-refractivity contribution is -0.138. The van der Waals surface area contributed by atoms with E-state index in [1.807, 2.05) is 0 Å². The fourth-order valence-electron chi connectivity index (χ4n) is 2.25. The summed E-state index contributed by atoms with van der Waals surface area (Å²) in [7, 11) is 0. The van der Waals surface area contributed by atoms with Gasteiger partial charge in [-0.3, -0.25) is 0 Å². The minimum absolute atomic E-state index is 0.0718. The van der Waals surface area contributed by atoms with Gasteiger partial charge in [-0.05, 0) is 47.9 Å². The van der Waals surface area contributed by atoms with Crippen LogP contribution in [0.3, 0.4) is 0 Å². The molecule has 0 heterocycles. The van der Waals surface area contributed by atoms with Crippen LogP contribution in [-0.4, -0.2) is 17.7 Å². The van der Waals surface area contributed by atoms with Crippen molar-refractivity contribution < 1.29 is 27.8 Å². The number of aromatic hydroxyl groups is 1. The van der Waals surface area contributed by atoms with Gasteiger partial charge in [-0.15, -0.1) is 0 Å². The summed E-state index contributed by atoms with van der Waals surface area (Å²) in [5, 5.41) is 9.42. The van der Waals surface area contributed by atoms with Gasteiger partial charge in [0.25, 0.3) is 0 Å². The number of benzene rings is 2. The van der Waals surface area contributed by atoms with Gasteiger partial charge >= 0.3 is 12.1 Å². The third kappa shape index (κ3) is 5.24. The number of alkyl halides is 3. The molecular formula is C20H17F3O3. The molecule has 0 amide bonds. The molecule has 0 bridgehead atoms. The number of hydrogen-bond acceptors (Lipinski definition) is 3. The molecule has 3 nitrogen and oxygen atoms in total. The normalized spacial score (nSPS) is 12.4. The van der Waals surface area contributed by atoms with Crippen molar-refractivity contribution in [3.05, 3.63) is 83.4 Å². The maximum atomic E-state index is 12.7. The summed E-state index contributed by atoms with van der Waals surface area (Å²) in [6.45, 7) is 1.93. The summed E-state index contributed by atoms with van der Waals surface area (Å²) in [6, 6.07) is 10.9. The lowest BCUT2D eigenvalue weighted by Crippen LogP contribution is -2.04. The van der Waals surface area contributed by atoms with Crippen molar-refractivity contribution in [1.29, 1.82) is 0 Å². The largest absolute Gasteiger partial charge is 0.508 e. The van der Waals surface area contributed by atoms with Gasteiger partial charge in [0.2, 0.25) is 0 Å². The third-order valence-corrected chi connectivity index (χ3v) is 3.48. The van der Waals surface area contributed by atoms with E-state index in [2.05, 4.69) is 0 Å². The highest BCUT2D eigenvalue weighted by Crippen LogP contribution is 2.31. The van der Waals surface area contributed by atoms with Crippen molar-refractivity contribution in [1.82, 2.24) is 0 Å². The Morgan fingerprint density at radius 3 is 2.08 bits per heavy atom. The lowest BCUT2D eigenvalue weighted by Gasteiger charge is -2.11. The van der Waals surface area contributed by atoms with Gasteiger partial charge in [0.15, 0.2) is 0 Å². The van der Waals surface area contributed by atoms with Gasteiger partial charge in [-0.1, -0.05) is 36.4 Å². The van der Waals surface area contributed by atoms with E-state index in [9.17, 15) is 23.1 Å². The molecule has 0 aromatic heterocycles. The van der Waals surface area contributed by atoms with Crippen molar-refractivity contribution in [3.8, 4) is 5.75 Å². The quantitative estimate of drug-likeness (QED) is 0.464. The van der Waals surface area contributed by atoms with E-state index in [-0.39, 0.29) is 12.4 Å². The Morgan fingerprint density at radius 2 is 1.58 bits per heavy atom. The average Bonchev–Trinajstić information content (AvgIpc) is 2.59. The molecule has 2 aromatic rings. The number of hydrogen-bond donors (Lipinski definition) is 1. The van der Waals surface area contributed by atoms with E-state index in [0.29, 0.717) is 16.7 Å². The second-order valence-electron chi connectivity index (χ2n) is 5.31. The van der Waals surface area contributed by atoms with E-state index in [1.165, 1.54) is 36.4 Å². The molecule has 26 heavy (non-hydrogen) atoms. The van der Waals surface area contributed by atoms with Crippen LogP contribution in [0.15, 0.2) is 66.8 Å². The Bertz CT molecular complexity index is 802. The number of esters is 1. The molecule has 0 aliphatic rings. The fourth-order valence-corrected chi connectivity index (χ4v) is 2.25. The number of rotatable bonds is 5. The first-order valence-electron chi connectivity index (χ1n) is 7.83. The molecule has 0 fully saturated rings. The Balaban J connectivity index is 2.40. The van der Waals surface area contributed by atoms with Crippen LogP contribution >= 0.6 is 0 Å². The smallest absolute Gasteiger partial charge is 0.416 e. The van der Waals surface area contributed by atoms with Crippen molar-refractivity contribution in [2.75, 3.05) is 6.61 Å². The predicted octanol–water partition coefficient (Wildman–Crippen LogP) is 4.96. The average molecular weight is 362 g/mol. The Kier molecular flexibility index (Phi) is 6.22. The molecule has 0 radical (unpaired) electrons. The van der Waals surface area contributed by atoms with Crippen LogP contribution in [0.5, 0.6) is 5.75 Å². The first kappa shape index (κ1) is 19.3.